The van der Waals surface area contributed by atoms with E-state index in [2.05, 4.69) is 200 Å². The van der Waals surface area contributed by atoms with Crippen LogP contribution >= 0.6 is 63.9 Å². The predicted molar refractivity (Wildman–Crippen MR) is 530 cm³/mol. The average Bonchev–Trinajstić information content (AvgIpc) is 1.60. The lowest BCUT2D eigenvalue weighted by atomic mass is 9.89. The van der Waals surface area contributed by atoms with Crippen LogP contribution in [0.25, 0.3) is 0 Å². The molecule has 0 spiro atoms. The van der Waals surface area contributed by atoms with E-state index in [0.717, 1.165) is 49.8 Å². The van der Waals surface area contributed by atoms with E-state index >= 15 is 0 Å². The van der Waals surface area contributed by atoms with Crippen molar-refractivity contribution in [3.05, 3.63) is 196 Å². The summed E-state index contributed by atoms with van der Waals surface area (Å²) in [5.74, 6) is -0.201. The number of aromatic nitrogens is 12. The van der Waals surface area contributed by atoms with Crippen molar-refractivity contribution in [1.29, 1.82) is 0 Å². The molecule has 0 radical (unpaired) electrons. The van der Waals surface area contributed by atoms with Gasteiger partial charge in [-0.2, -0.15) is 0 Å². The Bertz CT molecular complexity index is 5480. The van der Waals surface area contributed by atoms with Crippen LogP contribution in [0.1, 0.15) is 122 Å². The summed E-state index contributed by atoms with van der Waals surface area (Å²) in [6.45, 7) is 21.4. The third-order valence-electron chi connectivity index (χ3n) is 22.7. The Kier molecular flexibility index (Phi) is 39.8. The third-order valence-corrected chi connectivity index (χ3v) is 32.9. The molecular formula is C83H135IN12O28P6. The molecule has 6 saturated heterocycles. The van der Waals surface area contributed by atoms with Gasteiger partial charge in [-0.05, 0) is 162 Å². The summed E-state index contributed by atoms with van der Waals surface area (Å²) < 4.78 is 50.8. The number of hydrogen-bond acceptors (Lipinski definition) is 28. The second-order valence-electron chi connectivity index (χ2n) is 37.9. The first-order valence-electron chi connectivity index (χ1n) is 42.0. The van der Waals surface area contributed by atoms with Crippen LogP contribution < -0.4 is 67.5 Å². The smallest absolute Gasteiger partial charge is 0.325 e. The summed E-state index contributed by atoms with van der Waals surface area (Å²) in [6, 6.07) is 0. The summed E-state index contributed by atoms with van der Waals surface area (Å²) in [7, 11) is 4.39. The van der Waals surface area contributed by atoms with Crippen LogP contribution in [0, 0.1) is 5.92 Å². The van der Waals surface area contributed by atoms with E-state index in [4.69, 9.17) is 42.6 Å². The first-order valence-corrected chi connectivity index (χ1v) is 61.6. The molecule has 24 atom stereocenters. The van der Waals surface area contributed by atoms with Gasteiger partial charge in [0.25, 0.3) is 33.4 Å². The lowest BCUT2D eigenvalue weighted by molar-refractivity contribution is -0.0651. The monoisotopic (exact) mass is 2060 g/mol. The van der Waals surface area contributed by atoms with Crippen molar-refractivity contribution < 1.29 is 78.4 Å². The summed E-state index contributed by atoms with van der Waals surface area (Å²) in [5, 5.41) is 72.6. The minimum Gasteiger partial charge on any atom is -0.390 e. The second-order valence-corrected chi connectivity index (χ2v) is 65.3. The van der Waals surface area contributed by atoms with Gasteiger partial charge in [-0.15, -0.1) is 79.1 Å². The van der Waals surface area contributed by atoms with Gasteiger partial charge in [-0.3, -0.25) is 58.7 Å². The van der Waals surface area contributed by atoms with Crippen LogP contribution in [-0.4, -0.2) is 373 Å². The third kappa shape index (κ3) is 31.5. The standard InChI is InChI=1S/4C14H23N2O5P.C14H23N2O4P.C13H20IN2O4P/c3*1-20-12-10(17)9(5-6-22(2,3)4)21-11(12)8-7-15-14(19)16-13(8)18;1-14(20)10(17)9(5-6-22(2,3)4)21-11(14)8-7-15-13(19)16-12(8)18;1-8-11(17)10(5-6-21(2,3)4)20-12(8)9-7-15-14(19)16-13(9)18;1-21(2,3)5-4-8-10(17)9(14)11(20-8)7-6-15-13(19)16-12(7)18/h3*7,9-12,17H,2,5-6H2,1,3-4H3,(H2,15,16,18,19);7,9-11,17,20H,2,5-6H2,1,3-4H3,(H2,15,16,18,19);7-8,10-12,17H,2,5-6H2,1,3-4H3,(H2,15,16,18,19);6,8-11,17H,1,4-5H2,2-3H3,(H2,15,16,18,19)/t3*9-,10-,11+,12-;9-,10-,11+,14-;8-,10-,11+,12-;8-,9-,10-,11+/m111111/s1. The SMILES string of the molecule is C=P(C)(C)CC[C@H]1O[C@@H](c2c[nH]c(=O)[nH]c2=O)[C@H](C)[C@@H]1O.C=P(C)(C)CC[C@H]1O[C@@H](c2c[nH]c(=O)[nH]c2=O)[C@H](I)[C@@H]1O.C=P(C)(C)CC[C@H]1O[C@@H](c2c[nH]c(=O)[nH]c2=O)[C@H](OC)[C@@H]1O.C=P(C)(C)CC[C@H]1O[C@@H](c2c[nH]c(=O)[nH]c2=O)[C@H](OC)[C@@H]1O.C=P(C)(C)CC[C@H]1O[C@@H](c2c[nH]c(=O)[nH]c2=O)[C@H](OC)[C@@H]1O.C=P(C)(C)CC[C@H]1O[C@@H](c2c[nH]c(=O)[nH]c2=O)[C@](C)(O)[C@@H]1O. The van der Waals surface area contributed by atoms with E-state index in [-0.39, 0.29) is 44.3 Å². The molecule has 47 heteroatoms. The molecular weight excluding hydrogens is 1930 g/mol. The first kappa shape index (κ1) is 111. The molecule has 130 heavy (non-hydrogen) atoms. The Morgan fingerprint density at radius 1 is 0.331 bits per heavy atom. The van der Waals surface area contributed by atoms with Crippen LogP contribution in [0.4, 0.5) is 0 Å². The van der Waals surface area contributed by atoms with E-state index in [1.165, 1.54) is 65.4 Å². The zero-order valence-corrected chi connectivity index (χ0v) is 84.3. The number of rotatable bonds is 27. The number of alkyl halides is 1. The van der Waals surface area contributed by atoms with Gasteiger partial charge in [-0.1, -0.05) is 29.5 Å². The molecule has 0 aliphatic carbocycles. The lowest BCUT2D eigenvalue weighted by Crippen LogP contribution is -2.43. The van der Waals surface area contributed by atoms with Gasteiger partial charge >= 0.3 is 34.1 Å². The Morgan fingerprint density at radius 2 is 0.538 bits per heavy atom. The van der Waals surface area contributed by atoms with E-state index in [0.29, 0.717) is 36.8 Å². The number of aliphatic hydroxyl groups excluding tert-OH is 6. The maximum absolute atomic E-state index is 11.9. The molecule has 0 bridgehead atoms. The van der Waals surface area contributed by atoms with E-state index in [1.807, 2.05) is 6.92 Å². The molecule has 12 rings (SSSR count). The summed E-state index contributed by atoms with van der Waals surface area (Å²) in [5.41, 5.74) is -6.72. The van der Waals surface area contributed by atoms with Crippen LogP contribution in [0.2, 0.25) is 0 Å². The number of methoxy groups -OCH3 is 3. The number of nitrogens with one attached hydrogen (secondary N) is 12. The largest absolute Gasteiger partial charge is 0.390 e. The van der Waals surface area contributed by atoms with Gasteiger partial charge < -0.3 is 108 Å². The zero-order chi connectivity index (χ0) is 97.7. The number of H-pyrrole nitrogens is 12. The number of aliphatic hydroxyl groups is 7. The molecule has 6 aliphatic heterocycles. The summed E-state index contributed by atoms with van der Waals surface area (Å²) in [4.78, 5) is 165. The maximum atomic E-state index is 11.9. The molecule has 0 aromatic carbocycles. The number of aromatic amines is 12. The zero-order valence-electron chi connectivity index (χ0n) is 76.7. The molecule has 732 valence electrons. The van der Waals surface area contributed by atoms with E-state index in [1.54, 1.807) is 0 Å². The van der Waals surface area contributed by atoms with Crippen molar-refractivity contribution in [3.63, 3.8) is 0 Å². The molecule has 19 N–H and O–H groups in total. The van der Waals surface area contributed by atoms with Gasteiger partial charge in [-0.25, -0.2) is 28.8 Å². The number of halogens is 1. The average molecular weight is 2060 g/mol. The van der Waals surface area contributed by atoms with E-state index in [9.17, 15) is 93.3 Å². The van der Waals surface area contributed by atoms with Crippen LogP contribution in [0.3, 0.4) is 0 Å². The van der Waals surface area contributed by atoms with Gasteiger partial charge in [0, 0.05) is 64.4 Å². The second kappa shape index (κ2) is 46.7. The highest BCUT2D eigenvalue weighted by Gasteiger charge is 2.54. The van der Waals surface area contributed by atoms with Crippen molar-refractivity contribution in [1.82, 2.24) is 59.8 Å². The van der Waals surface area contributed by atoms with Gasteiger partial charge in [0.15, 0.2) is 0 Å². The number of ether oxygens (including phenoxy) is 9. The molecule has 0 amide bonds. The van der Waals surface area contributed by atoms with Crippen molar-refractivity contribution in [2.75, 3.05) is 138 Å². The van der Waals surface area contributed by atoms with Crippen LogP contribution in [0.15, 0.2) is 94.7 Å². The van der Waals surface area contributed by atoms with Crippen LogP contribution in [0.5, 0.6) is 0 Å². The fourth-order valence-electron chi connectivity index (χ4n) is 15.3. The van der Waals surface area contributed by atoms with Gasteiger partial charge in [0.05, 0.1) is 92.2 Å². The maximum Gasteiger partial charge on any atom is 0.325 e. The van der Waals surface area contributed by atoms with Crippen LogP contribution in [-0.2, 0) is 42.6 Å². The molecule has 6 aliphatic rings. The molecule has 6 aromatic rings. The fourth-order valence-corrected chi connectivity index (χ4v) is 22.1. The predicted octanol–water partition coefficient (Wildman–Crippen LogP) is 1.02. The lowest BCUT2D eigenvalue weighted by Gasteiger charge is -2.26. The topological polar surface area (TPSA) is 619 Å². The first-order chi connectivity index (χ1) is 60.1. The quantitative estimate of drug-likeness (QED) is 0.0194. The highest BCUT2D eigenvalue weighted by Crippen LogP contribution is 2.49. The Labute approximate surface area is 765 Å². The minimum absolute atomic E-state index is 0.0924. The van der Waals surface area contributed by atoms with Gasteiger partial charge in [0.2, 0.25) is 0 Å². The Morgan fingerprint density at radius 3 is 0.785 bits per heavy atom. The molecule has 12 heterocycles. The normalized spacial score (nSPS) is 29.7. The van der Waals surface area contributed by atoms with E-state index < -0.39 is 230 Å². The highest BCUT2D eigenvalue weighted by molar-refractivity contribution is 14.1. The Hall–Kier alpha value is -6.03. The summed E-state index contributed by atoms with van der Waals surface area (Å²) in [6.07, 6.45) is 28.6. The van der Waals surface area contributed by atoms with Gasteiger partial charge in [0.1, 0.15) is 78.8 Å². The molecule has 6 fully saturated rings. The van der Waals surface area contributed by atoms with Crippen molar-refractivity contribution in [2.24, 2.45) is 5.92 Å². The Balaban J connectivity index is 0.000000213. The minimum atomic E-state index is -1.61. The fraction of sp³-hybridized carbons (Fsp3) is 0.639. The van der Waals surface area contributed by atoms with Crippen molar-refractivity contribution in [3.8, 4) is 0 Å². The number of hydrogen-bond donors (Lipinski definition) is 19. The highest BCUT2D eigenvalue weighted by atomic mass is 127. The summed E-state index contributed by atoms with van der Waals surface area (Å²) >= 11 is 2.10. The molecule has 0 unspecified atom stereocenters. The van der Waals surface area contributed by atoms with Crippen molar-refractivity contribution >= 4 is 102 Å². The molecule has 40 nitrogen and oxygen atoms in total. The molecule has 0 saturated carbocycles. The molecule has 6 aromatic heterocycles. The van der Waals surface area contributed by atoms with Crippen molar-refractivity contribution in [2.45, 2.75) is 190 Å².